The predicted octanol–water partition coefficient (Wildman–Crippen LogP) is 2.99. The zero-order valence-corrected chi connectivity index (χ0v) is 11.0. The Labute approximate surface area is 111 Å². The molecule has 0 bridgehead atoms. The van der Waals surface area contributed by atoms with Crippen molar-refractivity contribution in [1.82, 2.24) is 0 Å². The molecule has 0 aliphatic heterocycles. The lowest BCUT2D eigenvalue weighted by Crippen LogP contribution is -2.22. The molecule has 0 aliphatic carbocycles. The van der Waals surface area contributed by atoms with Gasteiger partial charge in [0.05, 0.1) is 5.92 Å². The molecule has 2 N–H and O–H groups in total. The average Bonchev–Trinajstić information content (AvgIpc) is 2.92. The fourth-order valence-corrected chi connectivity index (χ4v) is 2.72. The summed E-state index contributed by atoms with van der Waals surface area (Å²) in [5, 5.41) is 4.13. The number of nitrogens with two attached hydrogens (primary N) is 1. The molecule has 1 heterocycles. The van der Waals surface area contributed by atoms with Crippen LogP contribution < -0.4 is 5.73 Å². The largest absolute Gasteiger partial charge is 0.329 e. The van der Waals surface area contributed by atoms with Crippen LogP contribution in [0.2, 0.25) is 0 Å². The maximum atomic E-state index is 12.2. The molecule has 0 saturated heterocycles. The summed E-state index contributed by atoms with van der Waals surface area (Å²) < 4.78 is 0. The van der Waals surface area contributed by atoms with E-state index in [0.29, 0.717) is 13.0 Å². The Kier molecular flexibility index (Phi) is 4.67. The van der Waals surface area contributed by atoms with E-state index in [9.17, 15) is 4.79 Å². The van der Waals surface area contributed by atoms with E-state index in [4.69, 9.17) is 5.73 Å². The molecule has 0 fully saturated rings. The lowest BCUT2D eigenvalue weighted by Gasteiger charge is -2.13. The van der Waals surface area contributed by atoms with E-state index >= 15 is 0 Å². The van der Waals surface area contributed by atoms with Gasteiger partial charge in [-0.15, -0.1) is 0 Å². The summed E-state index contributed by atoms with van der Waals surface area (Å²) in [6.07, 6.45) is 1.37. The van der Waals surface area contributed by atoms with Crippen LogP contribution in [-0.2, 0) is 11.2 Å². The van der Waals surface area contributed by atoms with E-state index in [0.717, 1.165) is 12.0 Å². The van der Waals surface area contributed by atoms with Crippen LogP contribution in [0.25, 0.3) is 0 Å². The van der Waals surface area contributed by atoms with Gasteiger partial charge in [-0.2, -0.15) is 11.3 Å². The second kappa shape index (κ2) is 6.47. The van der Waals surface area contributed by atoms with E-state index in [1.54, 1.807) is 11.3 Å². The summed E-state index contributed by atoms with van der Waals surface area (Å²) in [4.78, 5) is 12.2. The molecule has 1 atom stereocenters. The number of benzene rings is 1. The number of hydrogen-bond donors (Lipinski definition) is 1. The van der Waals surface area contributed by atoms with Crippen molar-refractivity contribution in [3.63, 3.8) is 0 Å². The number of hydrogen-bond acceptors (Lipinski definition) is 3. The van der Waals surface area contributed by atoms with Crippen molar-refractivity contribution in [1.29, 1.82) is 0 Å². The standard InChI is InChI=1S/C15H17NOS/c16-10-14(13-4-2-1-3-5-13)15(17)7-6-12-8-9-18-11-12/h1-5,8-9,11,14H,6-7,10,16H2. The molecule has 3 heteroatoms. The summed E-state index contributed by atoms with van der Waals surface area (Å²) in [5.74, 6) is 0.0692. The maximum Gasteiger partial charge on any atom is 0.141 e. The van der Waals surface area contributed by atoms with Gasteiger partial charge in [0, 0.05) is 13.0 Å². The summed E-state index contributed by atoms with van der Waals surface area (Å²) in [6.45, 7) is 0.381. The fraction of sp³-hybridized carbons (Fsp3) is 0.267. The van der Waals surface area contributed by atoms with Crippen molar-refractivity contribution in [2.24, 2.45) is 5.73 Å². The number of aryl methyl sites for hydroxylation is 1. The molecule has 2 rings (SSSR count). The first-order chi connectivity index (χ1) is 8.81. The first-order valence-corrected chi connectivity index (χ1v) is 7.04. The van der Waals surface area contributed by atoms with Gasteiger partial charge in [-0.3, -0.25) is 4.79 Å². The molecular weight excluding hydrogens is 242 g/mol. The average molecular weight is 259 g/mol. The molecule has 1 aromatic heterocycles. The van der Waals surface area contributed by atoms with Gasteiger partial charge in [0.2, 0.25) is 0 Å². The normalized spacial score (nSPS) is 12.3. The predicted molar refractivity (Wildman–Crippen MR) is 75.9 cm³/mol. The Morgan fingerprint density at radius 1 is 1.22 bits per heavy atom. The van der Waals surface area contributed by atoms with Crippen molar-refractivity contribution in [3.05, 3.63) is 58.3 Å². The van der Waals surface area contributed by atoms with E-state index in [2.05, 4.69) is 11.4 Å². The molecule has 0 radical (unpaired) electrons. The van der Waals surface area contributed by atoms with Crippen LogP contribution >= 0.6 is 11.3 Å². The third kappa shape index (κ3) is 3.28. The minimum Gasteiger partial charge on any atom is -0.329 e. The van der Waals surface area contributed by atoms with E-state index < -0.39 is 0 Å². The van der Waals surface area contributed by atoms with Crippen LogP contribution in [0, 0.1) is 0 Å². The minimum atomic E-state index is -0.162. The zero-order chi connectivity index (χ0) is 12.8. The maximum absolute atomic E-state index is 12.2. The van der Waals surface area contributed by atoms with Crippen LogP contribution in [0.4, 0.5) is 0 Å². The number of rotatable bonds is 6. The van der Waals surface area contributed by atoms with Crippen LogP contribution in [0.5, 0.6) is 0 Å². The van der Waals surface area contributed by atoms with Crippen LogP contribution in [0.1, 0.15) is 23.5 Å². The number of carbonyl (C=O) groups excluding carboxylic acids is 1. The summed E-state index contributed by atoms with van der Waals surface area (Å²) in [6, 6.07) is 11.9. The SMILES string of the molecule is NCC(C(=O)CCc1ccsc1)c1ccccc1. The Bertz CT molecular complexity index is 478. The van der Waals surface area contributed by atoms with Gasteiger partial charge in [-0.25, -0.2) is 0 Å². The number of carbonyl (C=O) groups is 1. The van der Waals surface area contributed by atoms with Crippen LogP contribution in [0.15, 0.2) is 47.2 Å². The van der Waals surface area contributed by atoms with Crippen molar-refractivity contribution >= 4 is 17.1 Å². The summed E-state index contributed by atoms with van der Waals surface area (Å²) >= 11 is 1.67. The summed E-state index contributed by atoms with van der Waals surface area (Å²) in [7, 11) is 0. The molecule has 1 unspecified atom stereocenters. The van der Waals surface area contributed by atoms with E-state index in [1.807, 2.05) is 35.7 Å². The van der Waals surface area contributed by atoms with Gasteiger partial charge in [0.1, 0.15) is 5.78 Å². The Morgan fingerprint density at radius 2 is 2.00 bits per heavy atom. The molecule has 1 aromatic carbocycles. The highest BCUT2D eigenvalue weighted by molar-refractivity contribution is 7.07. The molecule has 2 nitrogen and oxygen atoms in total. The Morgan fingerprint density at radius 3 is 2.61 bits per heavy atom. The number of thiophene rings is 1. The highest BCUT2D eigenvalue weighted by Crippen LogP contribution is 2.18. The first kappa shape index (κ1) is 13.0. The van der Waals surface area contributed by atoms with E-state index in [1.165, 1.54) is 5.56 Å². The molecule has 94 valence electrons. The van der Waals surface area contributed by atoms with Gasteiger partial charge in [-0.05, 0) is 34.4 Å². The van der Waals surface area contributed by atoms with Crippen molar-refractivity contribution in [3.8, 4) is 0 Å². The molecule has 0 aliphatic rings. The fourth-order valence-electron chi connectivity index (χ4n) is 2.02. The third-order valence-electron chi connectivity index (χ3n) is 3.07. The van der Waals surface area contributed by atoms with Gasteiger partial charge in [-0.1, -0.05) is 30.3 Å². The highest BCUT2D eigenvalue weighted by atomic mass is 32.1. The first-order valence-electron chi connectivity index (χ1n) is 6.10. The Balaban J connectivity index is 1.98. The Hall–Kier alpha value is -1.45. The summed E-state index contributed by atoms with van der Waals surface area (Å²) in [5.41, 5.74) is 7.99. The molecule has 2 aromatic rings. The zero-order valence-electron chi connectivity index (χ0n) is 10.2. The molecule has 0 spiro atoms. The second-order valence-corrected chi connectivity index (χ2v) is 5.08. The smallest absolute Gasteiger partial charge is 0.141 e. The molecule has 0 saturated carbocycles. The monoisotopic (exact) mass is 259 g/mol. The van der Waals surface area contributed by atoms with Crippen LogP contribution in [0.3, 0.4) is 0 Å². The van der Waals surface area contributed by atoms with Crippen molar-refractivity contribution in [2.75, 3.05) is 6.54 Å². The van der Waals surface area contributed by atoms with Gasteiger partial charge in [0.25, 0.3) is 0 Å². The minimum absolute atomic E-state index is 0.162. The third-order valence-corrected chi connectivity index (χ3v) is 3.80. The van der Waals surface area contributed by atoms with Crippen molar-refractivity contribution in [2.45, 2.75) is 18.8 Å². The van der Waals surface area contributed by atoms with Gasteiger partial charge >= 0.3 is 0 Å². The lowest BCUT2D eigenvalue weighted by molar-refractivity contribution is -0.120. The van der Waals surface area contributed by atoms with Gasteiger partial charge < -0.3 is 5.73 Å². The number of ketones is 1. The van der Waals surface area contributed by atoms with Crippen molar-refractivity contribution < 1.29 is 4.79 Å². The molecular formula is C15H17NOS. The second-order valence-electron chi connectivity index (χ2n) is 4.30. The number of Topliss-reactive ketones (excluding diaryl/α,β-unsaturated/α-hetero) is 1. The van der Waals surface area contributed by atoms with Crippen LogP contribution in [-0.4, -0.2) is 12.3 Å². The topological polar surface area (TPSA) is 43.1 Å². The lowest BCUT2D eigenvalue weighted by atomic mass is 9.92. The quantitative estimate of drug-likeness (QED) is 0.866. The molecule has 18 heavy (non-hydrogen) atoms. The van der Waals surface area contributed by atoms with Gasteiger partial charge in [0.15, 0.2) is 0 Å². The van der Waals surface area contributed by atoms with E-state index in [-0.39, 0.29) is 11.7 Å². The highest BCUT2D eigenvalue weighted by Gasteiger charge is 2.18. The molecule has 0 amide bonds.